The molecule has 0 rings (SSSR count). The summed E-state index contributed by atoms with van der Waals surface area (Å²) in [5, 5.41) is 9.60. The first-order valence-corrected chi connectivity index (χ1v) is 23.1. The Kier molecular flexibility index (Phi) is 44.0. The molecule has 0 bridgehead atoms. The number of unbranched alkanes of at least 4 members (excludes halogenated alkanes) is 19. The van der Waals surface area contributed by atoms with Crippen molar-refractivity contribution < 1.29 is 24.2 Å². The summed E-state index contributed by atoms with van der Waals surface area (Å²) in [7, 11) is 0. The number of rotatable bonds is 41. The van der Waals surface area contributed by atoms with Crippen LogP contribution < -0.4 is 0 Å². The lowest BCUT2D eigenvalue weighted by molar-refractivity contribution is -0.161. The van der Waals surface area contributed by atoms with Crippen molar-refractivity contribution in [2.45, 2.75) is 213 Å². The number of aliphatic hydroxyl groups is 1. The smallest absolute Gasteiger partial charge is 0.306 e. The summed E-state index contributed by atoms with van der Waals surface area (Å²) >= 11 is 0. The predicted molar refractivity (Wildman–Crippen MR) is 242 cm³/mol. The minimum absolute atomic E-state index is 0.0784. The predicted octanol–water partition coefficient (Wildman–Crippen LogP) is 15.1. The lowest BCUT2D eigenvalue weighted by atomic mass is 10.0. The van der Waals surface area contributed by atoms with Crippen LogP contribution in [0.1, 0.15) is 206 Å². The van der Waals surface area contributed by atoms with Crippen LogP contribution in [0.15, 0.2) is 85.1 Å². The molecule has 0 aliphatic rings. The Labute approximate surface area is 346 Å². The average molecular weight is 779 g/mol. The van der Waals surface area contributed by atoms with Gasteiger partial charge in [0.2, 0.25) is 0 Å². The number of hydrogen-bond donors (Lipinski definition) is 1. The molecule has 1 unspecified atom stereocenters. The van der Waals surface area contributed by atoms with Gasteiger partial charge < -0.3 is 14.6 Å². The van der Waals surface area contributed by atoms with Crippen LogP contribution in [0.25, 0.3) is 0 Å². The highest BCUT2D eigenvalue weighted by Gasteiger charge is 2.16. The van der Waals surface area contributed by atoms with Crippen molar-refractivity contribution in [3.63, 3.8) is 0 Å². The Morgan fingerprint density at radius 1 is 0.429 bits per heavy atom. The molecule has 0 aliphatic carbocycles. The summed E-state index contributed by atoms with van der Waals surface area (Å²) in [4.78, 5) is 24.4. The van der Waals surface area contributed by atoms with Gasteiger partial charge in [0, 0.05) is 12.8 Å². The summed E-state index contributed by atoms with van der Waals surface area (Å²) in [6, 6.07) is 0. The zero-order valence-corrected chi connectivity index (χ0v) is 36.4. The van der Waals surface area contributed by atoms with Crippen molar-refractivity contribution in [2.75, 3.05) is 13.2 Å². The second kappa shape index (κ2) is 46.5. The standard InChI is InChI=1S/C51H86O5/c1-3-5-7-9-11-13-15-17-19-21-23-24-25-26-28-30-32-34-36-38-40-42-44-46-51(54)56-49(47-52)48-55-50(53)45-43-41-39-37-35-33-31-29-27-22-20-18-16-14-12-10-8-6-4-2/h5,7,11-14,17-20,23-24,27,29,49,52H,3-4,6,8-10,15-16,21-22,25-26,28,30-48H2,1-2H3/b7-5-,13-11-,14-12-,19-17-,20-18-,24-23-,29-27-. The monoisotopic (exact) mass is 779 g/mol. The maximum atomic E-state index is 12.2. The topological polar surface area (TPSA) is 72.8 Å². The van der Waals surface area contributed by atoms with Gasteiger partial charge in [-0.1, -0.05) is 189 Å². The molecule has 5 nitrogen and oxygen atoms in total. The zero-order valence-electron chi connectivity index (χ0n) is 36.4. The maximum absolute atomic E-state index is 12.2. The van der Waals surface area contributed by atoms with Crippen LogP contribution in [0.3, 0.4) is 0 Å². The van der Waals surface area contributed by atoms with Crippen molar-refractivity contribution >= 4 is 11.9 Å². The summed E-state index contributed by atoms with van der Waals surface area (Å²) in [5.41, 5.74) is 0. The van der Waals surface area contributed by atoms with Crippen molar-refractivity contribution in [2.24, 2.45) is 0 Å². The van der Waals surface area contributed by atoms with Gasteiger partial charge in [-0.25, -0.2) is 0 Å². The van der Waals surface area contributed by atoms with E-state index in [1.807, 2.05) is 0 Å². The molecule has 0 spiro atoms. The summed E-state index contributed by atoms with van der Waals surface area (Å²) in [6.07, 6.45) is 63.7. The molecule has 0 heterocycles. The number of aliphatic hydroxyl groups excluding tert-OH is 1. The lowest BCUT2D eigenvalue weighted by Crippen LogP contribution is -2.28. The SMILES string of the molecule is CC/C=C\C/C=C\C/C=C\C/C=C\CCCCCCCCCCCCC(=O)OC(CO)COC(=O)CCCCCCCC/C=C\C/C=C\C/C=C\CCCCC. The fourth-order valence-electron chi connectivity index (χ4n) is 6.20. The molecule has 56 heavy (non-hydrogen) atoms. The van der Waals surface area contributed by atoms with Gasteiger partial charge in [-0.2, -0.15) is 0 Å². The van der Waals surface area contributed by atoms with Crippen molar-refractivity contribution in [1.82, 2.24) is 0 Å². The van der Waals surface area contributed by atoms with Gasteiger partial charge in [0.25, 0.3) is 0 Å². The third-order valence-electron chi connectivity index (χ3n) is 9.67. The first kappa shape index (κ1) is 53.1. The molecule has 5 heteroatoms. The molecule has 0 aromatic heterocycles. The molecule has 0 aromatic carbocycles. The fourth-order valence-corrected chi connectivity index (χ4v) is 6.20. The molecule has 0 saturated heterocycles. The third kappa shape index (κ3) is 43.8. The van der Waals surface area contributed by atoms with Crippen LogP contribution in [-0.2, 0) is 19.1 Å². The molecule has 0 amide bonds. The molecule has 0 aliphatic heterocycles. The normalized spacial score (nSPS) is 13.0. The van der Waals surface area contributed by atoms with Gasteiger partial charge in [0.05, 0.1) is 6.61 Å². The Hall–Kier alpha value is -2.92. The van der Waals surface area contributed by atoms with Crippen LogP contribution in [-0.4, -0.2) is 36.4 Å². The molecule has 0 aromatic rings. The van der Waals surface area contributed by atoms with Gasteiger partial charge >= 0.3 is 11.9 Å². The minimum atomic E-state index is -0.785. The number of allylic oxidation sites excluding steroid dienone is 14. The van der Waals surface area contributed by atoms with Gasteiger partial charge in [0.15, 0.2) is 6.10 Å². The van der Waals surface area contributed by atoms with Crippen LogP contribution in [0.5, 0.6) is 0 Å². The molecular formula is C51H86O5. The van der Waals surface area contributed by atoms with Crippen molar-refractivity contribution in [3.05, 3.63) is 85.1 Å². The summed E-state index contributed by atoms with van der Waals surface area (Å²) in [6.45, 7) is 3.98. The van der Waals surface area contributed by atoms with Gasteiger partial charge in [-0.05, 0) is 89.9 Å². The van der Waals surface area contributed by atoms with E-state index in [9.17, 15) is 14.7 Å². The number of carbonyl (C=O) groups excluding carboxylic acids is 2. The molecule has 1 N–H and O–H groups in total. The summed E-state index contributed by atoms with van der Waals surface area (Å²) < 4.78 is 10.6. The Bertz CT molecular complexity index is 1060. The largest absolute Gasteiger partial charge is 0.462 e. The van der Waals surface area contributed by atoms with E-state index in [-0.39, 0.29) is 25.2 Å². The van der Waals surface area contributed by atoms with E-state index >= 15 is 0 Å². The second-order valence-electron chi connectivity index (χ2n) is 15.1. The second-order valence-corrected chi connectivity index (χ2v) is 15.1. The maximum Gasteiger partial charge on any atom is 0.306 e. The number of esters is 2. The quantitative estimate of drug-likeness (QED) is 0.0380. The van der Waals surface area contributed by atoms with Gasteiger partial charge in [-0.3, -0.25) is 9.59 Å². The van der Waals surface area contributed by atoms with E-state index in [1.165, 1.54) is 96.3 Å². The Balaban J connectivity index is 3.58. The molecule has 0 saturated carbocycles. The van der Waals surface area contributed by atoms with Gasteiger partial charge in [0.1, 0.15) is 6.61 Å². The Morgan fingerprint density at radius 2 is 0.768 bits per heavy atom. The fraction of sp³-hybridized carbons (Fsp3) is 0.686. The van der Waals surface area contributed by atoms with E-state index in [0.717, 1.165) is 83.5 Å². The molecular weight excluding hydrogens is 693 g/mol. The van der Waals surface area contributed by atoms with E-state index < -0.39 is 6.10 Å². The number of ether oxygens (including phenoxy) is 2. The van der Waals surface area contributed by atoms with Crippen LogP contribution in [0.2, 0.25) is 0 Å². The molecule has 320 valence electrons. The highest BCUT2D eigenvalue weighted by Crippen LogP contribution is 2.14. The van der Waals surface area contributed by atoms with Gasteiger partial charge in [-0.15, -0.1) is 0 Å². The first-order valence-electron chi connectivity index (χ1n) is 23.1. The van der Waals surface area contributed by atoms with Crippen molar-refractivity contribution in [1.29, 1.82) is 0 Å². The highest BCUT2D eigenvalue weighted by atomic mass is 16.6. The highest BCUT2D eigenvalue weighted by molar-refractivity contribution is 5.70. The first-order chi connectivity index (χ1) is 27.6. The van der Waals surface area contributed by atoms with E-state index in [2.05, 4.69) is 98.9 Å². The lowest BCUT2D eigenvalue weighted by Gasteiger charge is -2.15. The van der Waals surface area contributed by atoms with Crippen LogP contribution >= 0.6 is 0 Å². The zero-order chi connectivity index (χ0) is 40.7. The molecule has 0 radical (unpaired) electrons. The summed E-state index contributed by atoms with van der Waals surface area (Å²) in [5.74, 6) is -0.613. The minimum Gasteiger partial charge on any atom is -0.462 e. The van der Waals surface area contributed by atoms with E-state index in [0.29, 0.717) is 12.8 Å². The van der Waals surface area contributed by atoms with Crippen LogP contribution in [0, 0.1) is 0 Å². The van der Waals surface area contributed by atoms with Crippen molar-refractivity contribution in [3.8, 4) is 0 Å². The van der Waals surface area contributed by atoms with E-state index in [1.54, 1.807) is 0 Å². The third-order valence-corrected chi connectivity index (χ3v) is 9.67. The van der Waals surface area contributed by atoms with Crippen LogP contribution in [0.4, 0.5) is 0 Å². The number of carbonyl (C=O) groups is 2. The molecule has 0 fully saturated rings. The average Bonchev–Trinajstić information content (AvgIpc) is 3.20. The van der Waals surface area contributed by atoms with E-state index in [4.69, 9.17) is 9.47 Å². The molecule has 1 atom stereocenters. The Morgan fingerprint density at radius 3 is 1.16 bits per heavy atom. The number of hydrogen-bond acceptors (Lipinski definition) is 5.